The molecule has 1 aliphatic heterocycles. The summed E-state index contributed by atoms with van der Waals surface area (Å²) in [4.78, 5) is 12.5. The first-order valence-electron chi connectivity index (χ1n) is 9.17. The van der Waals surface area contributed by atoms with Gasteiger partial charge in [-0.15, -0.1) is 10.2 Å². The molecule has 146 valence electrons. The van der Waals surface area contributed by atoms with Gasteiger partial charge in [0.2, 0.25) is 5.75 Å². The lowest BCUT2D eigenvalue weighted by molar-refractivity contribution is 0.0953. The Morgan fingerprint density at radius 3 is 2.48 bits per heavy atom. The van der Waals surface area contributed by atoms with E-state index in [1.807, 2.05) is 0 Å². The second kappa shape index (κ2) is 8.75. The number of carbonyl (C=O) groups is 1. The molecule has 0 spiro atoms. The molecule has 0 radical (unpaired) electrons. The highest BCUT2D eigenvalue weighted by Gasteiger charge is 2.18. The summed E-state index contributed by atoms with van der Waals surface area (Å²) in [5.74, 6) is 3.14. The van der Waals surface area contributed by atoms with Crippen LogP contribution < -0.4 is 19.5 Å². The molecule has 1 aliphatic rings. The van der Waals surface area contributed by atoms with Crippen LogP contribution in [0.3, 0.4) is 0 Å². The molecular weight excluding hydrogens is 348 g/mol. The Kier molecular flexibility index (Phi) is 6.16. The summed E-state index contributed by atoms with van der Waals surface area (Å²) < 4.78 is 18.1. The summed E-state index contributed by atoms with van der Waals surface area (Å²) in [6, 6.07) is 3.28. The van der Waals surface area contributed by atoms with E-state index in [1.165, 1.54) is 27.8 Å². The average Bonchev–Trinajstić information content (AvgIpc) is 2.92. The first-order chi connectivity index (χ1) is 13.2. The van der Waals surface area contributed by atoms with Gasteiger partial charge in [-0.2, -0.15) is 0 Å². The molecule has 0 saturated carbocycles. The number of carbonyl (C=O) groups excluding carboxylic acids is 1. The maximum absolute atomic E-state index is 12.5. The van der Waals surface area contributed by atoms with Crippen molar-refractivity contribution in [2.24, 2.45) is 0 Å². The Morgan fingerprint density at radius 1 is 1.07 bits per heavy atom. The van der Waals surface area contributed by atoms with Crippen LogP contribution in [0.25, 0.3) is 0 Å². The second-order valence-corrected chi connectivity index (χ2v) is 6.41. The number of rotatable bonds is 7. The number of amides is 1. The van der Waals surface area contributed by atoms with Crippen LogP contribution >= 0.6 is 0 Å². The molecule has 1 aromatic carbocycles. The van der Waals surface area contributed by atoms with Gasteiger partial charge in [-0.05, 0) is 25.0 Å². The molecule has 0 bridgehead atoms. The lowest BCUT2D eigenvalue weighted by Crippen LogP contribution is -2.26. The number of ether oxygens (including phenoxy) is 3. The van der Waals surface area contributed by atoms with Gasteiger partial charge < -0.3 is 24.1 Å². The van der Waals surface area contributed by atoms with E-state index in [2.05, 4.69) is 20.1 Å². The number of hydrogen-bond donors (Lipinski definition) is 1. The van der Waals surface area contributed by atoms with Crippen molar-refractivity contribution in [3.8, 4) is 17.2 Å². The number of aryl methyl sites for hydroxylation is 1. The van der Waals surface area contributed by atoms with Gasteiger partial charge in [0.25, 0.3) is 5.91 Å². The molecule has 0 unspecified atom stereocenters. The van der Waals surface area contributed by atoms with E-state index in [1.54, 1.807) is 12.1 Å². The van der Waals surface area contributed by atoms with E-state index < -0.39 is 0 Å². The standard InChI is InChI=1S/C19H26N4O4/c1-25-14-11-13(12-15(26-2)18(14)27-3)19(24)20-9-8-17-22-21-16-7-5-4-6-10-23(16)17/h11-12H,4-10H2,1-3H3,(H,20,24). The van der Waals surface area contributed by atoms with Gasteiger partial charge in [0, 0.05) is 31.5 Å². The average molecular weight is 374 g/mol. The van der Waals surface area contributed by atoms with Crippen LogP contribution in [-0.2, 0) is 19.4 Å². The van der Waals surface area contributed by atoms with Crippen molar-refractivity contribution in [3.05, 3.63) is 29.3 Å². The van der Waals surface area contributed by atoms with E-state index in [0.717, 1.165) is 37.5 Å². The van der Waals surface area contributed by atoms with Gasteiger partial charge in [-0.3, -0.25) is 4.79 Å². The number of hydrogen-bond acceptors (Lipinski definition) is 6. The van der Waals surface area contributed by atoms with Crippen molar-refractivity contribution in [2.75, 3.05) is 27.9 Å². The van der Waals surface area contributed by atoms with Crippen LogP contribution in [-0.4, -0.2) is 48.5 Å². The van der Waals surface area contributed by atoms with Gasteiger partial charge >= 0.3 is 0 Å². The van der Waals surface area contributed by atoms with Crippen LogP contribution in [0.15, 0.2) is 12.1 Å². The molecule has 1 aromatic heterocycles. The second-order valence-electron chi connectivity index (χ2n) is 6.41. The molecule has 8 nitrogen and oxygen atoms in total. The zero-order valence-corrected chi connectivity index (χ0v) is 16.1. The number of methoxy groups -OCH3 is 3. The molecule has 2 aromatic rings. The van der Waals surface area contributed by atoms with Crippen LogP contribution in [0.2, 0.25) is 0 Å². The largest absolute Gasteiger partial charge is 0.493 e. The number of nitrogens with one attached hydrogen (secondary N) is 1. The molecule has 2 heterocycles. The zero-order chi connectivity index (χ0) is 19.2. The molecule has 0 atom stereocenters. The van der Waals surface area contributed by atoms with E-state index in [4.69, 9.17) is 14.2 Å². The fraction of sp³-hybridized carbons (Fsp3) is 0.526. The lowest BCUT2D eigenvalue weighted by atomic mass is 10.1. The number of aromatic nitrogens is 3. The Morgan fingerprint density at radius 2 is 1.81 bits per heavy atom. The maximum atomic E-state index is 12.5. The summed E-state index contributed by atoms with van der Waals surface area (Å²) >= 11 is 0. The Bertz CT molecular complexity index is 778. The Labute approximate surface area is 158 Å². The van der Waals surface area contributed by atoms with Crippen molar-refractivity contribution in [1.29, 1.82) is 0 Å². The highest BCUT2D eigenvalue weighted by atomic mass is 16.5. The van der Waals surface area contributed by atoms with Crippen LogP contribution in [0.4, 0.5) is 0 Å². The van der Waals surface area contributed by atoms with E-state index in [-0.39, 0.29) is 5.91 Å². The smallest absolute Gasteiger partial charge is 0.251 e. The predicted octanol–water partition coefficient (Wildman–Crippen LogP) is 2.00. The summed E-state index contributed by atoms with van der Waals surface area (Å²) in [6.45, 7) is 1.44. The molecule has 0 aliphatic carbocycles. The minimum Gasteiger partial charge on any atom is -0.493 e. The molecule has 8 heteroatoms. The fourth-order valence-corrected chi connectivity index (χ4v) is 3.33. The minimum atomic E-state index is -0.204. The fourth-order valence-electron chi connectivity index (χ4n) is 3.33. The third-order valence-corrected chi connectivity index (χ3v) is 4.75. The first-order valence-corrected chi connectivity index (χ1v) is 9.17. The number of benzene rings is 1. The molecule has 27 heavy (non-hydrogen) atoms. The van der Waals surface area contributed by atoms with Gasteiger partial charge in [-0.1, -0.05) is 6.42 Å². The normalized spacial score (nSPS) is 13.4. The molecule has 3 rings (SSSR count). The molecular formula is C19H26N4O4. The van der Waals surface area contributed by atoms with Crippen molar-refractivity contribution in [1.82, 2.24) is 20.1 Å². The monoisotopic (exact) mass is 374 g/mol. The van der Waals surface area contributed by atoms with Crippen molar-refractivity contribution in [2.45, 2.75) is 38.6 Å². The van der Waals surface area contributed by atoms with Gasteiger partial charge in [0.05, 0.1) is 21.3 Å². The van der Waals surface area contributed by atoms with Gasteiger partial charge in [-0.25, -0.2) is 0 Å². The molecule has 0 saturated heterocycles. The van der Waals surface area contributed by atoms with Crippen molar-refractivity contribution >= 4 is 5.91 Å². The third kappa shape index (κ3) is 4.15. The lowest BCUT2D eigenvalue weighted by Gasteiger charge is -2.14. The maximum Gasteiger partial charge on any atom is 0.251 e. The molecule has 0 fully saturated rings. The first kappa shape index (κ1) is 19.0. The highest BCUT2D eigenvalue weighted by Crippen LogP contribution is 2.38. The summed E-state index contributed by atoms with van der Waals surface area (Å²) in [6.07, 6.45) is 5.15. The highest BCUT2D eigenvalue weighted by molar-refractivity contribution is 5.95. The Hall–Kier alpha value is -2.77. The summed E-state index contributed by atoms with van der Waals surface area (Å²) in [7, 11) is 4.58. The van der Waals surface area contributed by atoms with Crippen LogP contribution in [0.5, 0.6) is 17.2 Å². The SMILES string of the molecule is COc1cc(C(=O)NCCc2nnc3n2CCCCC3)cc(OC)c1OC. The van der Waals surface area contributed by atoms with Crippen LogP contribution in [0, 0.1) is 0 Å². The van der Waals surface area contributed by atoms with Gasteiger partial charge in [0.1, 0.15) is 11.6 Å². The summed E-state index contributed by atoms with van der Waals surface area (Å²) in [5.41, 5.74) is 0.449. The topological polar surface area (TPSA) is 87.5 Å². The zero-order valence-electron chi connectivity index (χ0n) is 16.1. The third-order valence-electron chi connectivity index (χ3n) is 4.75. The summed E-state index contributed by atoms with van der Waals surface area (Å²) in [5, 5.41) is 11.5. The number of fused-ring (bicyclic) bond motifs is 1. The molecule has 1 amide bonds. The molecule has 1 N–H and O–H groups in total. The van der Waals surface area contributed by atoms with Crippen molar-refractivity contribution in [3.63, 3.8) is 0 Å². The minimum absolute atomic E-state index is 0.204. The van der Waals surface area contributed by atoms with Crippen molar-refractivity contribution < 1.29 is 19.0 Å². The number of nitrogens with zero attached hydrogens (tertiary/aromatic N) is 3. The van der Waals surface area contributed by atoms with E-state index >= 15 is 0 Å². The van der Waals surface area contributed by atoms with E-state index in [0.29, 0.717) is 35.8 Å². The van der Waals surface area contributed by atoms with Gasteiger partial charge in [0.15, 0.2) is 11.5 Å². The van der Waals surface area contributed by atoms with E-state index in [9.17, 15) is 4.79 Å². The van der Waals surface area contributed by atoms with Crippen LogP contribution in [0.1, 0.15) is 41.3 Å². The quantitative estimate of drug-likeness (QED) is 0.798. The predicted molar refractivity (Wildman–Crippen MR) is 99.7 cm³/mol. The Balaban J connectivity index is 1.65.